The third-order valence-electron chi connectivity index (χ3n) is 4.29. The van der Waals surface area contributed by atoms with Crippen molar-refractivity contribution in [2.75, 3.05) is 12.0 Å². The number of halogens is 1. The molecule has 0 spiro atoms. The SMILES string of the molecule is COc1ccc(Cl)c2sc(N(Cc3ccco3)C(=O)Cc3ccccc3)nc12. The molecule has 28 heavy (non-hydrogen) atoms. The molecule has 0 saturated heterocycles. The molecule has 0 unspecified atom stereocenters. The van der Waals surface area contributed by atoms with Crippen LogP contribution in [-0.4, -0.2) is 18.0 Å². The largest absolute Gasteiger partial charge is 0.494 e. The topological polar surface area (TPSA) is 55.6 Å². The summed E-state index contributed by atoms with van der Waals surface area (Å²) in [7, 11) is 1.59. The number of anilines is 1. The summed E-state index contributed by atoms with van der Waals surface area (Å²) >= 11 is 7.71. The lowest BCUT2D eigenvalue weighted by Gasteiger charge is -2.18. The third-order valence-corrected chi connectivity index (χ3v) is 5.83. The lowest BCUT2D eigenvalue weighted by atomic mass is 10.1. The maximum absolute atomic E-state index is 13.1. The maximum atomic E-state index is 13.1. The van der Waals surface area contributed by atoms with Crippen LogP contribution in [0.2, 0.25) is 5.02 Å². The molecular weight excluding hydrogens is 396 g/mol. The standard InChI is InChI=1S/C21H17ClN2O3S/c1-26-17-10-9-16(22)20-19(17)23-21(28-20)24(13-15-8-5-11-27-15)18(25)12-14-6-3-2-4-7-14/h2-11H,12-13H2,1H3. The van der Waals surface area contributed by atoms with Crippen molar-refractivity contribution in [3.05, 3.63) is 77.2 Å². The van der Waals surface area contributed by atoms with Gasteiger partial charge in [-0.05, 0) is 29.8 Å². The molecule has 1 amide bonds. The Morgan fingerprint density at radius 1 is 1.18 bits per heavy atom. The van der Waals surface area contributed by atoms with Crippen molar-refractivity contribution in [3.8, 4) is 5.75 Å². The number of aromatic nitrogens is 1. The van der Waals surface area contributed by atoms with E-state index in [4.69, 9.17) is 20.8 Å². The van der Waals surface area contributed by atoms with E-state index >= 15 is 0 Å². The van der Waals surface area contributed by atoms with Crippen LogP contribution in [0, 0.1) is 0 Å². The molecule has 0 radical (unpaired) electrons. The minimum Gasteiger partial charge on any atom is -0.494 e. The second-order valence-corrected chi connectivity index (χ2v) is 7.53. The Morgan fingerprint density at radius 3 is 2.71 bits per heavy atom. The Hall–Kier alpha value is -2.83. The number of hydrogen-bond acceptors (Lipinski definition) is 5. The van der Waals surface area contributed by atoms with Crippen LogP contribution >= 0.6 is 22.9 Å². The molecule has 0 aliphatic heterocycles. The molecule has 0 saturated carbocycles. The maximum Gasteiger partial charge on any atom is 0.233 e. The Labute approximate surface area is 171 Å². The summed E-state index contributed by atoms with van der Waals surface area (Å²) in [5, 5.41) is 1.13. The van der Waals surface area contributed by atoms with E-state index in [1.807, 2.05) is 36.4 Å². The normalized spacial score (nSPS) is 10.9. The van der Waals surface area contributed by atoms with Gasteiger partial charge in [0.25, 0.3) is 0 Å². The number of furan rings is 1. The van der Waals surface area contributed by atoms with Crippen LogP contribution in [0.5, 0.6) is 5.75 Å². The summed E-state index contributed by atoms with van der Waals surface area (Å²) in [4.78, 5) is 19.4. The highest BCUT2D eigenvalue weighted by molar-refractivity contribution is 7.23. The monoisotopic (exact) mass is 412 g/mol. The number of ether oxygens (including phenoxy) is 1. The van der Waals surface area contributed by atoms with E-state index < -0.39 is 0 Å². The Kier molecular flexibility index (Phi) is 5.32. The molecule has 0 atom stereocenters. The first kappa shape index (κ1) is 18.5. The molecule has 0 aliphatic carbocycles. The molecule has 0 N–H and O–H groups in total. The van der Waals surface area contributed by atoms with Crippen molar-refractivity contribution in [2.24, 2.45) is 0 Å². The predicted molar refractivity (Wildman–Crippen MR) is 111 cm³/mol. The molecule has 142 valence electrons. The first-order valence-corrected chi connectivity index (χ1v) is 9.85. The van der Waals surface area contributed by atoms with Crippen LogP contribution in [-0.2, 0) is 17.8 Å². The van der Waals surface area contributed by atoms with Gasteiger partial charge in [0.1, 0.15) is 17.0 Å². The molecule has 2 aromatic carbocycles. The summed E-state index contributed by atoms with van der Waals surface area (Å²) in [6, 6.07) is 16.8. The zero-order valence-electron chi connectivity index (χ0n) is 15.1. The van der Waals surface area contributed by atoms with Crippen molar-refractivity contribution in [3.63, 3.8) is 0 Å². The quantitative estimate of drug-likeness (QED) is 0.429. The fourth-order valence-electron chi connectivity index (χ4n) is 2.91. The molecule has 4 rings (SSSR count). The van der Waals surface area contributed by atoms with E-state index in [-0.39, 0.29) is 12.3 Å². The Morgan fingerprint density at radius 2 is 2.00 bits per heavy atom. The van der Waals surface area contributed by atoms with Gasteiger partial charge in [0.15, 0.2) is 5.13 Å². The average molecular weight is 413 g/mol. The first-order chi connectivity index (χ1) is 13.7. The summed E-state index contributed by atoms with van der Waals surface area (Å²) in [6.07, 6.45) is 1.86. The van der Waals surface area contributed by atoms with Gasteiger partial charge in [-0.15, -0.1) is 0 Å². The summed E-state index contributed by atoms with van der Waals surface area (Å²) in [5.41, 5.74) is 1.58. The number of benzene rings is 2. The fraction of sp³-hybridized carbons (Fsp3) is 0.143. The lowest BCUT2D eigenvalue weighted by Crippen LogP contribution is -2.31. The fourth-order valence-corrected chi connectivity index (χ4v) is 4.18. The Bertz CT molecular complexity index is 1090. The summed E-state index contributed by atoms with van der Waals surface area (Å²) in [6.45, 7) is 0.290. The van der Waals surface area contributed by atoms with Crippen molar-refractivity contribution in [2.45, 2.75) is 13.0 Å². The number of fused-ring (bicyclic) bond motifs is 1. The van der Waals surface area contributed by atoms with Crippen molar-refractivity contribution < 1.29 is 13.9 Å². The van der Waals surface area contributed by atoms with Crippen LogP contribution in [0.25, 0.3) is 10.2 Å². The number of methoxy groups -OCH3 is 1. The van der Waals surface area contributed by atoms with E-state index in [1.165, 1.54) is 11.3 Å². The second-order valence-electron chi connectivity index (χ2n) is 6.15. The first-order valence-electron chi connectivity index (χ1n) is 8.65. The highest BCUT2D eigenvalue weighted by Crippen LogP contribution is 2.39. The average Bonchev–Trinajstić information content (AvgIpc) is 3.37. The van der Waals surface area contributed by atoms with Crippen LogP contribution in [0.4, 0.5) is 5.13 Å². The number of nitrogens with zero attached hydrogens (tertiary/aromatic N) is 2. The zero-order chi connectivity index (χ0) is 19.5. The molecule has 2 heterocycles. The van der Waals surface area contributed by atoms with Gasteiger partial charge in [-0.25, -0.2) is 4.98 Å². The van der Waals surface area contributed by atoms with E-state index in [0.717, 1.165) is 10.3 Å². The van der Waals surface area contributed by atoms with E-state index in [0.29, 0.717) is 33.7 Å². The smallest absolute Gasteiger partial charge is 0.233 e. The molecule has 2 aromatic heterocycles. The third kappa shape index (κ3) is 3.74. The number of amides is 1. The van der Waals surface area contributed by atoms with Crippen LogP contribution in [0.1, 0.15) is 11.3 Å². The second kappa shape index (κ2) is 8.04. The molecule has 0 bridgehead atoms. The van der Waals surface area contributed by atoms with Gasteiger partial charge in [0.05, 0.1) is 36.1 Å². The van der Waals surface area contributed by atoms with Crippen molar-refractivity contribution in [1.29, 1.82) is 0 Å². The number of thiazole rings is 1. The molecule has 4 aromatic rings. The van der Waals surface area contributed by atoms with Crippen LogP contribution < -0.4 is 9.64 Å². The summed E-state index contributed by atoms with van der Waals surface area (Å²) in [5.74, 6) is 1.23. The highest BCUT2D eigenvalue weighted by Gasteiger charge is 2.23. The summed E-state index contributed by atoms with van der Waals surface area (Å²) < 4.78 is 11.6. The molecule has 7 heteroatoms. The van der Waals surface area contributed by atoms with Crippen LogP contribution in [0.3, 0.4) is 0 Å². The minimum atomic E-state index is -0.0725. The number of carbonyl (C=O) groups is 1. The van der Waals surface area contributed by atoms with Gasteiger partial charge in [0, 0.05) is 0 Å². The Balaban J connectivity index is 1.73. The van der Waals surface area contributed by atoms with E-state index in [1.54, 1.807) is 36.5 Å². The van der Waals surface area contributed by atoms with Gasteiger partial charge in [-0.1, -0.05) is 53.3 Å². The van der Waals surface area contributed by atoms with Crippen molar-refractivity contribution >= 4 is 44.2 Å². The highest BCUT2D eigenvalue weighted by atomic mass is 35.5. The van der Waals surface area contributed by atoms with Gasteiger partial charge in [0.2, 0.25) is 5.91 Å². The van der Waals surface area contributed by atoms with Crippen molar-refractivity contribution in [1.82, 2.24) is 4.98 Å². The number of hydrogen-bond donors (Lipinski definition) is 0. The van der Waals surface area contributed by atoms with E-state index in [9.17, 15) is 4.79 Å². The molecule has 0 fully saturated rings. The number of rotatable bonds is 6. The zero-order valence-corrected chi connectivity index (χ0v) is 16.7. The van der Waals surface area contributed by atoms with E-state index in [2.05, 4.69) is 4.98 Å². The van der Waals surface area contributed by atoms with Gasteiger partial charge in [-0.2, -0.15) is 0 Å². The number of carbonyl (C=O) groups excluding carboxylic acids is 1. The minimum absolute atomic E-state index is 0.0725. The van der Waals surface area contributed by atoms with Crippen LogP contribution in [0.15, 0.2) is 65.3 Å². The molecule has 5 nitrogen and oxygen atoms in total. The predicted octanol–water partition coefficient (Wildman–Crippen LogP) is 5.33. The van der Waals surface area contributed by atoms with Gasteiger partial charge < -0.3 is 9.15 Å². The van der Waals surface area contributed by atoms with Gasteiger partial charge in [-0.3, -0.25) is 9.69 Å². The lowest BCUT2D eigenvalue weighted by molar-refractivity contribution is -0.118. The molecular formula is C21H17ClN2O3S. The van der Waals surface area contributed by atoms with Gasteiger partial charge >= 0.3 is 0 Å². The molecule has 0 aliphatic rings.